The highest BCUT2D eigenvalue weighted by atomic mass is 32.1. The molecule has 0 aliphatic carbocycles. The van der Waals surface area contributed by atoms with Crippen molar-refractivity contribution in [1.29, 1.82) is 0 Å². The minimum absolute atomic E-state index is 1.15. The van der Waals surface area contributed by atoms with E-state index < -0.39 is 0 Å². The van der Waals surface area contributed by atoms with E-state index in [4.69, 9.17) is 0 Å². The first kappa shape index (κ1) is 10.9. The molecule has 2 rings (SSSR count). The second-order valence-corrected chi connectivity index (χ2v) is 4.78. The molecular weight excluding hydrogens is 204 g/mol. The van der Waals surface area contributed by atoms with Gasteiger partial charge in [-0.1, -0.05) is 12.1 Å². The highest BCUT2D eigenvalue weighted by Gasteiger charge is 2.06. The van der Waals surface area contributed by atoms with Gasteiger partial charge in [-0.3, -0.25) is 0 Å². The zero-order valence-electron chi connectivity index (χ0n) is 8.98. The largest absolute Gasteiger partial charge is 0.314 e. The summed E-state index contributed by atoms with van der Waals surface area (Å²) in [5.74, 6) is 0. The maximum atomic E-state index is 3.37. The average molecular weight is 222 g/mol. The Labute approximate surface area is 95.6 Å². The summed E-state index contributed by atoms with van der Waals surface area (Å²) < 4.78 is 0. The molecule has 1 aromatic rings. The maximum absolute atomic E-state index is 3.37. The molecule has 82 valence electrons. The number of rotatable bonds is 4. The predicted octanol–water partition coefficient (Wildman–Crippen LogP) is 2.06. The summed E-state index contributed by atoms with van der Waals surface area (Å²) in [6.45, 7) is 5.90. The second-order valence-electron chi connectivity index (χ2n) is 3.80. The van der Waals surface area contributed by atoms with Crippen LogP contribution in [0.5, 0.6) is 0 Å². The molecule has 0 unspecified atom stereocenters. The summed E-state index contributed by atoms with van der Waals surface area (Å²) in [6.07, 6.45) is 5.68. The van der Waals surface area contributed by atoms with Gasteiger partial charge in [-0.25, -0.2) is 0 Å². The Bertz CT molecular complexity index is 287. The van der Waals surface area contributed by atoms with Gasteiger partial charge in [0.2, 0.25) is 0 Å². The molecule has 0 aromatic carbocycles. The summed E-state index contributed by atoms with van der Waals surface area (Å²) in [5.41, 5.74) is 0. The third kappa shape index (κ3) is 3.78. The normalized spacial score (nSPS) is 18.7. The Morgan fingerprint density at radius 1 is 1.40 bits per heavy atom. The van der Waals surface area contributed by atoms with E-state index in [1.54, 1.807) is 11.3 Å². The van der Waals surface area contributed by atoms with Crippen molar-refractivity contribution >= 4 is 17.4 Å². The molecule has 0 atom stereocenters. The van der Waals surface area contributed by atoms with Crippen molar-refractivity contribution < 1.29 is 0 Å². The molecule has 15 heavy (non-hydrogen) atoms. The van der Waals surface area contributed by atoms with E-state index in [1.807, 2.05) is 0 Å². The van der Waals surface area contributed by atoms with Crippen molar-refractivity contribution in [3.63, 3.8) is 0 Å². The smallest absolute Gasteiger partial charge is 0.0267 e. The lowest BCUT2D eigenvalue weighted by Gasteiger charge is -2.26. The molecule has 1 N–H and O–H groups in total. The van der Waals surface area contributed by atoms with Crippen LogP contribution in [0.1, 0.15) is 11.3 Å². The SMILES string of the molecule is C(=C\c1cccs1)/CCN1CCNCC1. The van der Waals surface area contributed by atoms with Gasteiger partial charge in [0, 0.05) is 37.6 Å². The summed E-state index contributed by atoms with van der Waals surface area (Å²) in [7, 11) is 0. The Balaban J connectivity index is 1.65. The topological polar surface area (TPSA) is 15.3 Å². The molecule has 0 amide bonds. The zero-order chi connectivity index (χ0) is 10.3. The Hall–Kier alpha value is -0.640. The number of thiophene rings is 1. The van der Waals surface area contributed by atoms with Gasteiger partial charge < -0.3 is 10.2 Å². The first-order valence-electron chi connectivity index (χ1n) is 5.58. The molecule has 3 heteroatoms. The van der Waals surface area contributed by atoms with Crippen LogP contribution in [0, 0.1) is 0 Å². The Morgan fingerprint density at radius 3 is 3.00 bits per heavy atom. The molecule has 0 bridgehead atoms. The van der Waals surface area contributed by atoms with Crippen molar-refractivity contribution in [3.05, 3.63) is 28.5 Å². The number of nitrogens with zero attached hydrogens (tertiary/aromatic N) is 1. The van der Waals surface area contributed by atoms with Gasteiger partial charge in [-0.15, -0.1) is 11.3 Å². The van der Waals surface area contributed by atoms with Crippen molar-refractivity contribution in [2.45, 2.75) is 6.42 Å². The van der Waals surface area contributed by atoms with E-state index in [2.05, 4.69) is 39.9 Å². The molecule has 0 spiro atoms. The van der Waals surface area contributed by atoms with Crippen molar-refractivity contribution in [2.24, 2.45) is 0 Å². The van der Waals surface area contributed by atoms with Crippen molar-refractivity contribution in [2.75, 3.05) is 32.7 Å². The number of hydrogen-bond donors (Lipinski definition) is 1. The second kappa shape index (κ2) is 6.05. The molecule has 1 aliphatic rings. The minimum Gasteiger partial charge on any atom is -0.314 e. The van der Waals surface area contributed by atoms with Gasteiger partial charge in [0.15, 0.2) is 0 Å². The fourth-order valence-electron chi connectivity index (χ4n) is 1.78. The van der Waals surface area contributed by atoms with Gasteiger partial charge >= 0.3 is 0 Å². The van der Waals surface area contributed by atoms with E-state index >= 15 is 0 Å². The molecule has 0 radical (unpaired) electrons. The van der Waals surface area contributed by atoms with E-state index in [0.717, 1.165) is 19.5 Å². The summed E-state index contributed by atoms with van der Waals surface area (Å²) >= 11 is 1.80. The molecule has 2 heterocycles. The molecule has 1 aliphatic heterocycles. The van der Waals surface area contributed by atoms with Crippen LogP contribution in [0.15, 0.2) is 23.6 Å². The average Bonchev–Trinajstić information content (AvgIpc) is 2.79. The molecule has 0 saturated carbocycles. The van der Waals surface area contributed by atoms with Crippen molar-refractivity contribution in [1.82, 2.24) is 10.2 Å². The van der Waals surface area contributed by atoms with E-state index in [-0.39, 0.29) is 0 Å². The fraction of sp³-hybridized carbons (Fsp3) is 0.500. The van der Waals surface area contributed by atoms with Gasteiger partial charge in [-0.2, -0.15) is 0 Å². The molecule has 1 saturated heterocycles. The zero-order valence-corrected chi connectivity index (χ0v) is 9.80. The van der Waals surface area contributed by atoms with Crippen LogP contribution >= 0.6 is 11.3 Å². The third-order valence-electron chi connectivity index (χ3n) is 2.65. The number of piperazine rings is 1. The Kier molecular flexibility index (Phi) is 4.39. The van der Waals surface area contributed by atoms with Crippen molar-refractivity contribution in [3.8, 4) is 0 Å². The van der Waals surface area contributed by atoms with E-state index in [1.165, 1.54) is 24.5 Å². The lowest BCUT2D eigenvalue weighted by atomic mass is 10.3. The first-order valence-corrected chi connectivity index (χ1v) is 6.46. The summed E-state index contributed by atoms with van der Waals surface area (Å²) in [4.78, 5) is 3.88. The monoisotopic (exact) mass is 222 g/mol. The molecule has 2 nitrogen and oxygen atoms in total. The maximum Gasteiger partial charge on any atom is 0.0267 e. The van der Waals surface area contributed by atoms with Crippen LogP contribution in [0.4, 0.5) is 0 Å². The first-order chi connectivity index (χ1) is 7.45. The standard InChI is InChI=1S/C12H18N2S/c1(4-12-5-3-11-15-12)2-8-14-9-6-13-7-10-14/h1,3-5,11,13H,2,6-10H2/b4-1+. The lowest BCUT2D eigenvalue weighted by molar-refractivity contribution is 0.245. The van der Waals surface area contributed by atoms with Crippen LogP contribution in [0.3, 0.4) is 0 Å². The van der Waals surface area contributed by atoms with Crippen LogP contribution < -0.4 is 5.32 Å². The minimum atomic E-state index is 1.15. The number of nitrogens with one attached hydrogen (secondary N) is 1. The third-order valence-corrected chi connectivity index (χ3v) is 3.48. The Morgan fingerprint density at radius 2 is 2.27 bits per heavy atom. The highest BCUT2D eigenvalue weighted by Crippen LogP contribution is 2.10. The van der Waals surface area contributed by atoms with Crippen LogP contribution in [0.25, 0.3) is 6.08 Å². The summed E-state index contributed by atoms with van der Waals surface area (Å²) in [5, 5.41) is 5.49. The molecule has 1 fully saturated rings. The van der Waals surface area contributed by atoms with Gasteiger partial charge in [0.05, 0.1) is 0 Å². The quantitative estimate of drug-likeness (QED) is 0.839. The molecular formula is C12H18N2S. The highest BCUT2D eigenvalue weighted by molar-refractivity contribution is 7.10. The number of hydrogen-bond acceptors (Lipinski definition) is 3. The van der Waals surface area contributed by atoms with Gasteiger partial charge in [-0.05, 0) is 23.9 Å². The van der Waals surface area contributed by atoms with Crippen LogP contribution in [-0.2, 0) is 0 Å². The van der Waals surface area contributed by atoms with Crippen LogP contribution in [0.2, 0.25) is 0 Å². The van der Waals surface area contributed by atoms with Crippen LogP contribution in [-0.4, -0.2) is 37.6 Å². The fourth-order valence-corrected chi connectivity index (χ4v) is 2.42. The summed E-state index contributed by atoms with van der Waals surface area (Å²) in [6, 6.07) is 4.26. The van der Waals surface area contributed by atoms with Gasteiger partial charge in [0.1, 0.15) is 0 Å². The predicted molar refractivity (Wildman–Crippen MR) is 67.3 cm³/mol. The van der Waals surface area contributed by atoms with E-state index in [9.17, 15) is 0 Å². The van der Waals surface area contributed by atoms with Gasteiger partial charge in [0.25, 0.3) is 0 Å². The molecule has 1 aromatic heterocycles. The lowest BCUT2D eigenvalue weighted by Crippen LogP contribution is -2.43. The van der Waals surface area contributed by atoms with E-state index in [0.29, 0.717) is 0 Å².